The molecule has 7 heteroatoms. The van der Waals surface area contributed by atoms with Gasteiger partial charge in [-0.3, -0.25) is 4.79 Å². The maximum atomic E-state index is 12.3. The van der Waals surface area contributed by atoms with E-state index in [0.29, 0.717) is 11.4 Å². The fourth-order valence-electron chi connectivity index (χ4n) is 2.38. The Morgan fingerprint density at radius 3 is 2.62 bits per heavy atom. The van der Waals surface area contributed by atoms with E-state index in [1.54, 1.807) is 28.9 Å². The predicted octanol–water partition coefficient (Wildman–Crippen LogP) is 3.06. The summed E-state index contributed by atoms with van der Waals surface area (Å²) in [5.74, 6) is -1.41. The lowest BCUT2D eigenvalue weighted by Crippen LogP contribution is -2.41. The first kappa shape index (κ1) is 18.0. The van der Waals surface area contributed by atoms with Gasteiger partial charge >= 0.3 is 5.97 Å². The Kier molecular flexibility index (Phi) is 5.62. The van der Waals surface area contributed by atoms with Crippen molar-refractivity contribution >= 4 is 23.5 Å². The van der Waals surface area contributed by atoms with Crippen molar-refractivity contribution < 1.29 is 14.7 Å². The largest absolute Gasteiger partial charge is 0.480 e. The number of halogens is 1. The monoisotopic (exact) mass is 349 g/mol. The number of aromatic nitrogens is 2. The highest BCUT2D eigenvalue weighted by Crippen LogP contribution is 2.17. The molecule has 1 atom stereocenters. The number of nitrogens with one attached hydrogen (secondary N) is 1. The number of benzene rings is 1. The van der Waals surface area contributed by atoms with Crippen molar-refractivity contribution in [1.29, 1.82) is 0 Å². The maximum Gasteiger partial charge on any atom is 0.326 e. The van der Waals surface area contributed by atoms with Gasteiger partial charge in [0.2, 0.25) is 0 Å². The van der Waals surface area contributed by atoms with E-state index in [0.717, 1.165) is 11.4 Å². The molecule has 128 valence electrons. The molecule has 1 heterocycles. The number of carboxylic acids is 1. The molecule has 1 amide bonds. The molecule has 0 spiro atoms. The molecule has 0 aliphatic rings. The standard InChI is InChI=1S/C17H20ClN3O3/c1-10(2)7-15(17(23)24)19-16(22)14-8-11(3)21(20-14)13-6-4-5-12(18)9-13/h4-6,8-10,15H,7H2,1-3H3,(H,19,22)(H,23,24)/t15-/m0/s1. The van der Waals surface area contributed by atoms with Crippen molar-refractivity contribution in [3.63, 3.8) is 0 Å². The number of carboxylic acid groups (broad SMARTS) is 1. The Bertz CT molecular complexity index is 755. The molecule has 0 saturated carbocycles. The summed E-state index contributed by atoms with van der Waals surface area (Å²) in [6.45, 7) is 5.62. The number of nitrogens with zero attached hydrogens (tertiary/aromatic N) is 2. The highest BCUT2D eigenvalue weighted by atomic mass is 35.5. The minimum atomic E-state index is -1.05. The number of aryl methyl sites for hydroxylation is 1. The molecule has 0 bridgehead atoms. The van der Waals surface area contributed by atoms with E-state index >= 15 is 0 Å². The van der Waals surface area contributed by atoms with Crippen molar-refractivity contribution in [3.8, 4) is 5.69 Å². The lowest BCUT2D eigenvalue weighted by molar-refractivity contribution is -0.139. The van der Waals surface area contributed by atoms with E-state index < -0.39 is 17.9 Å². The van der Waals surface area contributed by atoms with Crippen LogP contribution in [0.3, 0.4) is 0 Å². The van der Waals surface area contributed by atoms with Crippen LogP contribution in [0.1, 0.15) is 36.5 Å². The van der Waals surface area contributed by atoms with Gasteiger partial charge in [-0.05, 0) is 43.5 Å². The van der Waals surface area contributed by atoms with E-state index in [4.69, 9.17) is 11.6 Å². The molecule has 2 aromatic rings. The summed E-state index contributed by atoms with van der Waals surface area (Å²) in [6, 6.07) is 7.79. The van der Waals surface area contributed by atoms with Gasteiger partial charge in [-0.2, -0.15) is 5.10 Å². The summed E-state index contributed by atoms with van der Waals surface area (Å²) in [5, 5.41) is 16.6. The molecule has 2 N–H and O–H groups in total. The molecular weight excluding hydrogens is 330 g/mol. The average Bonchev–Trinajstić information content (AvgIpc) is 2.88. The molecule has 2 rings (SSSR count). The molecular formula is C17H20ClN3O3. The second-order valence-electron chi connectivity index (χ2n) is 6.06. The van der Waals surface area contributed by atoms with Gasteiger partial charge in [0, 0.05) is 10.7 Å². The van der Waals surface area contributed by atoms with E-state index in [-0.39, 0.29) is 11.6 Å². The van der Waals surface area contributed by atoms with E-state index in [9.17, 15) is 14.7 Å². The minimum Gasteiger partial charge on any atom is -0.480 e. The average molecular weight is 350 g/mol. The molecule has 1 aromatic carbocycles. The first-order valence-electron chi connectivity index (χ1n) is 7.64. The van der Waals surface area contributed by atoms with Crippen LogP contribution in [0.5, 0.6) is 0 Å². The third kappa shape index (κ3) is 4.35. The van der Waals surface area contributed by atoms with Crippen molar-refractivity contribution in [2.24, 2.45) is 5.92 Å². The highest BCUT2D eigenvalue weighted by Gasteiger charge is 2.23. The summed E-state index contributed by atoms with van der Waals surface area (Å²) < 4.78 is 1.60. The molecule has 24 heavy (non-hydrogen) atoms. The summed E-state index contributed by atoms with van der Waals surface area (Å²) in [5.41, 5.74) is 1.65. The van der Waals surface area contributed by atoms with Gasteiger partial charge in [-0.1, -0.05) is 31.5 Å². The number of carbonyl (C=O) groups excluding carboxylic acids is 1. The number of aliphatic carboxylic acids is 1. The number of carbonyl (C=O) groups is 2. The van der Waals surface area contributed by atoms with Crippen LogP contribution in [0.25, 0.3) is 5.69 Å². The second kappa shape index (κ2) is 7.49. The van der Waals surface area contributed by atoms with E-state index in [1.165, 1.54) is 0 Å². The highest BCUT2D eigenvalue weighted by molar-refractivity contribution is 6.30. The normalized spacial score (nSPS) is 12.2. The van der Waals surface area contributed by atoms with E-state index in [1.807, 2.05) is 26.8 Å². The lowest BCUT2D eigenvalue weighted by Gasteiger charge is -2.15. The van der Waals surface area contributed by atoms with Gasteiger partial charge in [0.1, 0.15) is 6.04 Å². The van der Waals surface area contributed by atoms with Gasteiger partial charge in [0.25, 0.3) is 5.91 Å². The van der Waals surface area contributed by atoms with Gasteiger partial charge in [-0.15, -0.1) is 0 Å². The molecule has 0 unspecified atom stereocenters. The van der Waals surface area contributed by atoms with Crippen LogP contribution in [-0.4, -0.2) is 32.8 Å². The second-order valence-corrected chi connectivity index (χ2v) is 6.49. The Morgan fingerprint density at radius 2 is 2.04 bits per heavy atom. The van der Waals surface area contributed by atoms with Crippen LogP contribution in [0, 0.1) is 12.8 Å². The van der Waals surface area contributed by atoms with Crippen LogP contribution in [0.2, 0.25) is 5.02 Å². The maximum absolute atomic E-state index is 12.3. The minimum absolute atomic E-state index is 0.150. The first-order valence-corrected chi connectivity index (χ1v) is 8.02. The number of hydrogen-bond donors (Lipinski definition) is 2. The molecule has 0 fully saturated rings. The molecule has 6 nitrogen and oxygen atoms in total. The zero-order chi connectivity index (χ0) is 17.9. The van der Waals surface area contributed by atoms with E-state index in [2.05, 4.69) is 10.4 Å². The van der Waals surface area contributed by atoms with Crippen LogP contribution >= 0.6 is 11.6 Å². The fraction of sp³-hybridized carbons (Fsp3) is 0.353. The molecule has 0 radical (unpaired) electrons. The Balaban J connectivity index is 2.22. The van der Waals surface area contributed by atoms with Crippen LogP contribution in [0.4, 0.5) is 0 Å². The predicted molar refractivity (Wildman–Crippen MR) is 91.7 cm³/mol. The number of rotatable bonds is 6. The fourth-order valence-corrected chi connectivity index (χ4v) is 2.56. The van der Waals surface area contributed by atoms with Gasteiger partial charge in [0.05, 0.1) is 5.69 Å². The van der Waals surface area contributed by atoms with Crippen molar-refractivity contribution in [2.45, 2.75) is 33.2 Å². The molecule has 0 aliphatic heterocycles. The Morgan fingerprint density at radius 1 is 1.33 bits per heavy atom. The summed E-state index contributed by atoms with van der Waals surface area (Å²) in [6.07, 6.45) is 0.356. The smallest absolute Gasteiger partial charge is 0.326 e. The van der Waals surface area contributed by atoms with Crippen molar-refractivity contribution in [3.05, 3.63) is 46.7 Å². The number of amides is 1. The number of hydrogen-bond acceptors (Lipinski definition) is 3. The van der Waals surface area contributed by atoms with Crippen molar-refractivity contribution in [1.82, 2.24) is 15.1 Å². The zero-order valence-corrected chi connectivity index (χ0v) is 14.5. The SMILES string of the molecule is Cc1cc(C(=O)N[C@@H](CC(C)C)C(=O)O)nn1-c1cccc(Cl)c1. The van der Waals surface area contributed by atoms with Crippen molar-refractivity contribution in [2.75, 3.05) is 0 Å². The quantitative estimate of drug-likeness (QED) is 0.839. The third-order valence-corrected chi connectivity index (χ3v) is 3.72. The first-order chi connectivity index (χ1) is 11.3. The van der Waals surface area contributed by atoms with Gasteiger partial charge in [-0.25, -0.2) is 9.48 Å². The van der Waals surface area contributed by atoms with Crippen LogP contribution < -0.4 is 5.32 Å². The summed E-state index contributed by atoms with van der Waals surface area (Å²) in [7, 11) is 0. The topological polar surface area (TPSA) is 84.2 Å². The Hall–Kier alpha value is -2.34. The molecule has 1 aromatic heterocycles. The lowest BCUT2D eigenvalue weighted by atomic mass is 10.0. The van der Waals surface area contributed by atoms with Gasteiger partial charge in [0.15, 0.2) is 5.69 Å². The zero-order valence-electron chi connectivity index (χ0n) is 13.8. The van der Waals surface area contributed by atoms with Gasteiger partial charge < -0.3 is 10.4 Å². The summed E-state index contributed by atoms with van der Waals surface area (Å²) in [4.78, 5) is 23.6. The van der Waals surface area contributed by atoms with Crippen LogP contribution in [0.15, 0.2) is 30.3 Å². The Labute approximate surface area is 145 Å². The van der Waals surface area contributed by atoms with Crippen LogP contribution in [-0.2, 0) is 4.79 Å². The third-order valence-electron chi connectivity index (χ3n) is 3.48. The summed E-state index contributed by atoms with van der Waals surface area (Å²) >= 11 is 5.98. The molecule has 0 aliphatic carbocycles. The molecule has 0 saturated heterocycles.